The van der Waals surface area contributed by atoms with Crippen LogP contribution in [0.3, 0.4) is 0 Å². The number of carboxylic acid groups (broad SMARTS) is 1. The minimum atomic E-state index is -1.00. The van der Waals surface area contributed by atoms with E-state index in [2.05, 4.69) is 5.32 Å². The van der Waals surface area contributed by atoms with Crippen molar-refractivity contribution in [3.05, 3.63) is 0 Å². The Kier molecular flexibility index (Phi) is 5.40. The molecule has 0 aromatic carbocycles. The fourth-order valence-corrected chi connectivity index (χ4v) is 2.10. The Bertz CT molecular complexity index is 306. The van der Waals surface area contributed by atoms with Crippen molar-refractivity contribution in [3.8, 4) is 0 Å². The van der Waals surface area contributed by atoms with Crippen LogP contribution in [0, 0.1) is 11.8 Å². The first kappa shape index (κ1) is 14.8. The van der Waals surface area contributed by atoms with Crippen molar-refractivity contribution in [2.75, 3.05) is 19.7 Å². The van der Waals surface area contributed by atoms with E-state index in [0.29, 0.717) is 19.5 Å². The second-order valence-electron chi connectivity index (χ2n) is 5.25. The maximum Gasteiger partial charge on any atom is 0.326 e. The van der Waals surface area contributed by atoms with Gasteiger partial charge in [-0.25, -0.2) is 9.59 Å². The molecule has 1 saturated heterocycles. The lowest BCUT2D eigenvalue weighted by Gasteiger charge is -2.22. The van der Waals surface area contributed by atoms with Crippen LogP contribution in [0.15, 0.2) is 0 Å². The molecule has 6 nitrogen and oxygen atoms in total. The van der Waals surface area contributed by atoms with E-state index in [1.165, 1.54) is 0 Å². The van der Waals surface area contributed by atoms with E-state index in [9.17, 15) is 9.59 Å². The highest BCUT2D eigenvalue weighted by molar-refractivity contribution is 5.82. The van der Waals surface area contributed by atoms with Crippen LogP contribution >= 0.6 is 0 Å². The summed E-state index contributed by atoms with van der Waals surface area (Å²) in [4.78, 5) is 24.5. The largest absolute Gasteiger partial charge is 0.480 e. The van der Waals surface area contributed by atoms with E-state index in [-0.39, 0.29) is 24.5 Å². The number of likely N-dealkylation sites (tertiary alicyclic amines) is 1. The molecular formula is C12H22N2O4. The van der Waals surface area contributed by atoms with E-state index in [4.69, 9.17) is 10.2 Å². The van der Waals surface area contributed by atoms with Gasteiger partial charge in [-0.15, -0.1) is 0 Å². The second kappa shape index (κ2) is 6.58. The number of urea groups is 1. The third-order valence-corrected chi connectivity index (χ3v) is 3.13. The molecule has 2 amide bonds. The first-order valence-corrected chi connectivity index (χ1v) is 6.33. The van der Waals surface area contributed by atoms with Gasteiger partial charge < -0.3 is 20.4 Å². The molecule has 1 aliphatic heterocycles. The number of nitrogens with one attached hydrogen (secondary N) is 1. The molecule has 18 heavy (non-hydrogen) atoms. The minimum Gasteiger partial charge on any atom is -0.480 e. The molecule has 0 aromatic heterocycles. The molecule has 1 fully saturated rings. The van der Waals surface area contributed by atoms with Gasteiger partial charge in [0.2, 0.25) is 0 Å². The van der Waals surface area contributed by atoms with Crippen LogP contribution in [0.25, 0.3) is 0 Å². The van der Waals surface area contributed by atoms with Crippen molar-refractivity contribution < 1.29 is 19.8 Å². The summed E-state index contributed by atoms with van der Waals surface area (Å²) in [7, 11) is 0. The van der Waals surface area contributed by atoms with Gasteiger partial charge in [-0.05, 0) is 18.8 Å². The summed E-state index contributed by atoms with van der Waals surface area (Å²) in [5.74, 6) is -0.686. The number of rotatable bonds is 5. The van der Waals surface area contributed by atoms with Gasteiger partial charge in [0.1, 0.15) is 6.04 Å². The lowest BCUT2D eigenvalue weighted by Crippen LogP contribution is -2.47. The van der Waals surface area contributed by atoms with Crippen molar-refractivity contribution in [3.63, 3.8) is 0 Å². The zero-order valence-corrected chi connectivity index (χ0v) is 10.9. The molecule has 0 bridgehead atoms. The summed E-state index contributed by atoms with van der Waals surface area (Å²) in [6.07, 6.45) is 1.18. The number of hydrogen-bond acceptors (Lipinski definition) is 3. The summed E-state index contributed by atoms with van der Waals surface area (Å²) in [5.41, 5.74) is 0. The van der Waals surface area contributed by atoms with E-state index < -0.39 is 12.0 Å². The average Bonchev–Trinajstić information content (AvgIpc) is 2.75. The smallest absolute Gasteiger partial charge is 0.326 e. The highest BCUT2D eigenvalue weighted by atomic mass is 16.4. The average molecular weight is 258 g/mol. The molecule has 2 atom stereocenters. The van der Waals surface area contributed by atoms with Gasteiger partial charge in [-0.2, -0.15) is 0 Å². The van der Waals surface area contributed by atoms with Crippen LogP contribution < -0.4 is 5.32 Å². The summed E-state index contributed by atoms with van der Waals surface area (Å²) in [6.45, 7) is 4.97. The number of nitrogens with zero attached hydrogens (tertiary/aromatic N) is 1. The third kappa shape index (κ3) is 4.18. The first-order chi connectivity index (χ1) is 8.43. The summed E-state index contributed by atoms with van der Waals surface area (Å²) < 4.78 is 0. The molecule has 2 unspecified atom stereocenters. The van der Waals surface area contributed by atoms with Crippen LogP contribution in [-0.4, -0.2) is 52.9 Å². The predicted octanol–water partition coefficient (Wildman–Crippen LogP) is 0.509. The van der Waals surface area contributed by atoms with E-state index >= 15 is 0 Å². The maximum atomic E-state index is 11.9. The predicted molar refractivity (Wildman–Crippen MR) is 66.2 cm³/mol. The number of hydrogen-bond donors (Lipinski definition) is 3. The molecular weight excluding hydrogens is 236 g/mol. The Balaban J connectivity index is 2.49. The van der Waals surface area contributed by atoms with Gasteiger partial charge in [0, 0.05) is 25.6 Å². The van der Waals surface area contributed by atoms with Gasteiger partial charge in [0.05, 0.1) is 0 Å². The van der Waals surface area contributed by atoms with Crippen LogP contribution in [0.1, 0.15) is 26.7 Å². The van der Waals surface area contributed by atoms with Crippen LogP contribution in [-0.2, 0) is 4.79 Å². The molecule has 0 spiro atoms. The van der Waals surface area contributed by atoms with Gasteiger partial charge in [-0.3, -0.25) is 0 Å². The molecule has 1 heterocycles. The number of amides is 2. The van der Waals surface area contributed by atoms with Crippen molar-refractivity contribution in [1.29, 1.82) is 0 Å². The topological polar surface area (TPSA) is 89.9 Å². The van der Waals surface area contributed by atoms with Crippen molar-refractivity contribution >= 4 is 12.0 Å². The Morgan fingerprint density at radius 2 is 2.11 bits per heavy atom. The number of carboxylic acids is 1. The molecule has 0 saturated carbocycles. The Morgan fingerprint density at radius 1 is 1.44 bits per heavy atom. The standard InChI is InChI=1S/C12H22N2O4/c1-8(2)5-10(11(16)17)13-12(18)14-4-3-9(6-14)7-15/h8-10,15H,3-7H2,1-2H3,(H,13,18)(H,16,17). The van der Waals surface area contributed by atoms with Crippen molar-refractivity contribution in [2.45, 2.75) is 32.7 Å². The first-order valence-electron chi connectivity index (χ1n) is 6.33. The lowest BCUT2D eigenvalue weighted by molar-refractivity contribution is -0.139. The number of carbonyl (C=O) groups excluding carboxylic acids is 1. The number of aliphatic carboxylic acids is 1. The number of aliphatic hydroxyl groups is 1. The third-order valence-electron chi connectivity index (χ3n) is 3.13. The Labute approximate surface area is 107 Å². The van der Waals surface area contributed by atoms with Gasteiger partial charge in [-0.1, -0.05) is 13.8 Å². The van der Waals surface area contributed by atoms with Gasteiger partial charge >= 0.3 is 12.0 Å². The highest BCUT2D eigenvalue weighted by Gasteiger charge is 2.29. The molecule has 6 heteroatoms. The van der Waals surface area contributed by atoms with Gasteiger partial charge in [0.15, 0.2) is 0 Å². The van der Waals surface area contributed by atoms with E-state index in [0.717, 1.165) is 6.42 Å². The summed E-state index contributed by atoms with van der Waals surface area (Å²) >= 11 is 0. The SMILES string of the molecule is CC(C)CC(NC(=O)N1CCC(CO)C1)C(=O)O. The quantitative estimate of drug-likeness (QED) is 0.670. The zero-order chi connectivity index (χ0) is 13.7. The lowest BCUT2D eigenvalue weighted by atomic mass is 10.0. The fraction of sp³-hybridized carbons (Fsp3) is 0.833. The molecule has 0 radical (unpaired) electrons. The molecule has 1 rings (SSSR count). The van der Waals surface area contributed by atoms with Crippen molar-refractivity contribution in [2.24, 2.45) is 11.8 Å². The number of carbonyl (C=O) groups is 2. The normalized spacial score (nSPS) is 21.1. The van der Waals surface area contributed by atoms with Crippen LogP contribution in [0.4, 0.5) is 4.79 Å². The minimum absolute atomic E-state index is 0.0676. The van der Waals surface area contributed by atoms with Crippen molar-refractivity contribution in [1.82, 2.24) is 10.2 Å². The molecule has 0 aliphatic carbocycles. The molecule has 3 N–H and O–H groups in total. The van der Waals surface area contributed by atoms with E-state index in [1.807, 2.05) is 13.8 Å². The molecule has 0 aromatic rings. The molecule has 104 valence electrons. The van der Waals surface area contributed by atoms with Gasteiger partial charge in [0.25, 0.3) is 0 Å². The highest BCUT2D eigenvalue weighted by Crippen LogP contribution is 2.15. The Morgan fingerprint density at radius 3 is 2.56 bits per heavy atom. The summed E-state index contributed by atoms with van der Waals surface area (Å²) in [6, 6.07) is -1.19. The Hall–Kier alpha value is -1.30. The fourth-order valence-electron chi connectivity index (χ4n) is 2.10. The second-order valence-corrected chi connectivity index (χ2v) is 5.25. The maximum absolute atomic E-state index is 11.9. The van der Waals surface area contributed by atoms with E-state index in [1.54, 1.807) is 4.90 Å². The monoisotopic (exact) mass is 258 g/mol. The summed E-state index contributed by atoms with van der Waals surface area (Å²) in [5, 5.41) is 20.6. The zero-order valence-electron chi connectivity index (χ0n) is 10.9. The van der Waals surface area contributed by atoms with Crippen LogP contribution in [0.2, 0.25) is 0 Å². The number of aliphatic hydroxyl groups excluding tert-OH is 1. The molecule has 1 aliphatic rings. The van der Waals surface area contributed by atoms with Crippen LogP contribution in [0.5, 0.6) is 0 Å².